The van der Waals surface area contributed by atoms with E-state index in [1.54, 1.807) is 25.1 Å². The van der Waals surface area contributed by atoms with Crippen molar-refractivity contribution in [3.05, 3.63) is 77.9 Å². The van der Waals surface area contributed by atoms with Gasteiger partial charge in [0.15, 0.2) is 0 Å². The van der Waals surface area contributed by atoms with Crippen molar-refractivity contribution in [1.82, 2.24) is 4.72 Å². The number of halogens is 1. The smallest absolute Gasteiger partial charge is 0.265 e. The predicted octanol–water partition coefficient (Wildman–Crippen LogP) is 5.81. The Bertz CT molecular complexity index is 1440. The molecule has 2 aromatic carbocycles. The average molecular weight is 631 g/mol. The summed E-state index contributed by atoms with van der Waals surface area (Å²) in [7, 11) is -4.24. The Hall–Kier alpha value is -2.85. The van der Waals surface area contributed by atoms with Crippen molar-refractivity contribution in [3.8, 4) is 5.75 Å². The lowest BCUT2D eigenvalue weighted by atomic mass is 9.70. The number of aliphatic hydroxyl groups excluding tert-OH is 1. The number of ether oxygens (including phenoxy) is 2. The van der Waals surface area contributed by atoms with E-state index in [-0.39, 0.29) is 16.7 Å². The van der Waals surface area contributed by atoms with Crippen LogP contribution < -0.4 is 14.4 Å². The molecule has 0 radical (unpaired) electrons. The molecular formula is C33H43ClN2O6S. The second-order valence-corrected chi connectivity index (χ2v) is 14.1. The Morgan fingerprint density at radius 3 is 2.63 bits per heavy atom. The number of carbonyl (C=O) groups is 1. The molecule has 4 atom stereocenters. The van der Waals surface area contributed by atoms with Crippen molar-refractivity contribution >= 4 is 33.2 Å². The normalized spacial score (nSPS) is 20.6. The van der Waals surface area contributed by atoms with E-state index in [4.69, 9.17) is 21.1 Å². The summed E-state index contributed by atoms with van der Waals surface area (Å²) in [5.74, 6) is 0.0677. The summed E-state index contributed by atoms with van der Waals surface area (Å²) in [5, 5.41) is 11.2. The highest BCUT2D eigenvalue weighted by Gasteiger charge is 2.37. The van der Waals surface area contributed by atoms with E-state index < -0.39 is 33.7 Å². The molecule has 43 heavy (non-hydrogen) atoms. The van der Waals surface area contributed by atoms with Crippen molar-refractivity contribution in [2.75, 3.05) is 18.0 Å². The lowest BCUT2D eigenvalue weighted by Gasteiger charge is -2.42. The van der Waals surface area contributed by atoms with Crippen LogP contribution in [0.5, 0.6) is 5.75 Å². The van der Waals surface area contributed by atoms with Crippen LogP contribution >= 0.6 is 11.6 Å². The van der Waals surface area contributed by atoms with Gasteiger partial charge in [0.2, 0.25) is 0 Å². The number of sulfonamides is 1. The van der Waals surface area contributed by atoms with Crippen LogP contribution in [0.3, 0.4) is 0 Å². The van der Waals surface area contributed by atoms with Crippen LogP contribution in [0.4, 0.5) is 5.69 Å². The average Bonchev–Trinajstić information content (AvgIpc) is 2.97. The number of hydrogen-bond donors (Lipinski definition) is 2. The Morgan fingerprint density at radius 2 is 1.95 bits per heavy atom. The van der Waals surface area contributed by atoms with E-state index in [1.165, 1.54) is 26.0 Å². The molecule has 2 aliphatic rings. The Kier molecular flexibility index (Phi) is 10.6. The van der Waals surface area contributed by atoms with Gasteiger partial charge in [-0.15, -0.1) is 13.2 Å². The van der Waals surface area contributed by atoms with Gasteiger partial charge in [0.25, 0.3) is 15.9 Å². The molecule has 8 nitrogen and oxygen atoms in total. The molecule has 1 aliphatic carbocycles. The van der Waals surface area contributed by atoms with Crippen LogP contribution in [-0.4, -0.2) is 50.3 Å². The predicted molar refractivity (Wildman–Crippen MR) is 170 cm³/mol. The zero-order valence-corrected chi connectivity index (χ0v) is 26.8. The van der Waals surface area contributed by atoms with Gasteiger partial charge in [-0.05, 0) is 106 Å². The monoisotopic (exact) mass is 630 g/mol. The van der Waals surface area contributed by atoms with Crippen LogP contribution in [0.2, 0.25) is 5.02 Å². The number of anilines is 1. The van der Waals surface area contributed by atoms with Crippen LogP contribution in [0.15, 0.2) is 66.6 Å². The first-order valence-corrected chi connectivity index (χ1v) is 16.7. The molecule has 0 bridgehead atoms. The van der Waals surface area contributed by atoms with Gasteiger partial charge in [-0.1, -0.05) is 29.8 Å². The minimum atomic E-state index is -4.24. The molecule has 10 heteroatoms. The number of fused-ring (bicyclic) bond motifs is 2. The zero-order valence-electron chi connectivity index (χ0n) is 25.2. The number of amides is 1. The molecule has 1 fully saturated rings. The van der Waals surface area contributed by atoms with Crippen LogP contribution in [0.25, 0.3) is 0 Å². The lowest BCUT2D eigenvalue weighted by Crippen LogP contribution is -2.47. The molecule has 0 aromatic heterocycles. The first kappa shape index (κ1) is 33.1. The van der Waals surface area contributed by atoms with Gasteiger partial charge in [-0.3, -0.25) is 4.79 Å². The van der Waals surface area contributed by atoms with E-state index >= 15 is 0 Å². The molecule has 0 saturated heterocycles. The van der Waals surface area contributed by atoms with Crippen molar-refractivity contribution in [3.63, 3.8) is 0 Å². The topological polar surface area (TPSA) is 105 Å². The number of benzene rings is 2. The highest BCUT2D eigenvalue weighted by Crippen LogP contribution is 2.41. The number of hydrogen-bond acceptors (Lipinski definition) is 7. The van der Waals surface area contributed by atoms with Gasteiger partial charge in [0.1, 0.15) is 18.0 Å². The molecule has 2 N–H and O–H groups in total. The quantitative estimate of drug-likeness (QED) is 0.319. The summed E-state index contributed by atoms with van der Waals surface area (Å²) in [5.41, 5.74) is 1.38. The van der Waals surface area contributed by atoms with Gasteiger partial charge >= 0.3 is 0 Å². The molecule has 1 aliphatic heterocycles. The standard InChI is InChI=1S/C33H43ClN2O6S/c1-6-22(3)42-33(4,5)32(38)35-43(39,40)27-14-16-31-29(19-27)36(20-24-12-15-28(24)30(37)7-2)17-9-8-10-23-18-26(34)13-11-25(23)21-41-31/h6-7,11,13-14,16,18-19,22,24,28,30,37H,1-2,8-10,12,15,17,20-21H2,3-5H3,(H,35,38)/t22?,24-,28+,30-/m0/s1. The minimum absolute atomic E-state index is 0.0564. The Morgan fingerprint density at radius 1 is 1.19 bits per heavy atom. The van der Waals surface area contributed by atoms with E-state index in [0.717, 1.165) is 43.2 Å². The maximum atomic E-state index is 13.5. The summed E-state index contributed by atoms with van der Waals surface area (Å²) in [6.45, 7) is 13.8. The van der Waals surface area contributed by atoms with E-state index in [1.807, 2.05) is 18.2 Å². The van der Waals surface area contributed by atoms with Crippen LogP contribution in [-0.2, 0) is 32.6 Å². The molecule has 234 valence electrons. The molecule has 1 unspecified atom stereocenters. The number of rotatable bonds is 10. The first-order valence-electron chi connectivity index (χ1n) is 14.8. The maximum Gasteiger partial charge on any atom is 0.265 e. The minimum Gasteiger partial charge on any atom is -0.487 e. The van der Waals surface area contributed by atoms with Crippen LogP contribution in [0, 0.1) is 11.8 Å². The zero-order chi connectivity index (χ0) is 31.4. The van der Waals surface area contributed by atoms with E-state index in [9.17, 15) is 18.3 Å². The third-order valence-corrected chi connectivity index (χ3v) is 10.0. The summed E-state index contributed by atoms with van der Waals surface area (Å²) >= 11 is 6.29. The van der Waals surface area contributed by atoms with E-state index in [2.05, 4.69) is 22.8 Å². The van der Waals surface area contributed by atoms with Gasteiger partial charge in [0.05, 0.1) is 22.8 Å². The largest absolute Gasteiger partial charge is 0.487 e. The number of nitrogens with one attached hydrogen (secondary N) is 1. The summed E-state index contributed by atoms with van der Waals surface area (Å²) < 4.78 is 41.2. The molecule has 2 aromatic rings. The molecule has 0 spiro atoms. The highest BCUT2D eigenvalue weighted by molar-refractivity contribution is 7.90. The summed E-state index contributed by atoms with van der Waals surface area (Å²) in [6.07, 6.45) is 6.56. The van der Waals surface area contributed by atoms with Crippen LogP contribution in [0.1, 0.15) is 57.6 Å². The van der Waals surface area contributed by atoms with Crippen molar-refractivity contribution < 1.29 is 27.8 Å². The fourth-order valence-electron chi connectivity index (χ4n) is 5.68. The van der Waals surface area contributed by atoms with E-state index in [0.29, 0.717) is 36.2 Å². The number of aryl methyl sites for hydroxylation is 1. The second kappa shape index (κ2) is 13.8. The lowest BCUT2D eigenvalue weighted by molar-refractivity contribution is -0.143. The molecular weight excluding hydrogens is 588 g/mol. The van der Waals surface area contributed by atoms with Crippen molar-refractivity contribution in [2.45, 2.75) is 82.2 Å². The Labute approximate surface area is 260 Å². The second-order valence-electron chi connectivity index (χ2n) is 12.0. The van der Waals surface area contributed by atoms with Gasteiger partial charge in [-0.25, -0.2) is 13.1 Å². The summed E-state index contributed by atoms with van der Waals surface area (Å²) in [6, 6.07) is 10.5. The molecule has 1 amide bonds. The fraction of sp³-hybridized carbons (Fsp3) is 0.485. The number of carbonyl (C=O) groups excluding carboxylic acids is 1. The summed E-state index contributed by atoms with van der Waals surface area (Å²) in [4.78, 5) is 15.1. The van der Waals surface area contributed by atoms with Gasteiger partial charge < -0.3 is 19.5 Å². The molecule has 1 saturated carbocycles. The Balaban J connectivity index is 1.68. The maximum absolute atomic E-state index is 13.5. The fourth-order valence-corrected chi connectivity index (χ4v) is 7.00. The highest BCUT2D eigenvalue weighted by atomic mass is 35.5. The number of aliphatic hydroxyl groups is 1. The van der Waals surface area contributed by atoms with Crippen molar-refractivity contribution in [1.29, 1.82) is 0 Å². The first-order chi connectivity index (χ1) is 20.3. The molecule has 1 heterocycles. The third kappa shape index (κ3) is 8.01. The van der Waals surface area contributed by atoms with Gasteiger partial charge in [-0.2, -0.15) is 0 Å². The third-order valence-electron chi connectivity index (χ3n) is 8.45. The SMILES string of the molecule is C=CC(C)OC(C)(C)C(=O)NS(=O)(=O)c1ccc2c(c1)N(C[C@@H]1CC[C@H]1[C@@H](O)C=C)CCCCc1cc(Cl)ccc1CO2. The van der Waals surface area contributed by atoms with Crippen molar-refractivity contribution in [2.24, 2.45) is 11.8 Å². The van der Waals surface area contributed by atoms with Gasteiger partial charge in [0, 0.05) is 18.1 Å². The number of nitrogens with zero attached hydrogens (tertiary/aromatic N) is 1. The molecule has 4 rings (SSSR count).